The molecule has 0 atom stereocenters. The summed E-state index contributed by atoms with van der Waals surface area (Å²) in [7, 11) is 3.16. The number of aromatic nitrogens is 5. The molecule has 0 aliphatic rings. The lowest BCUT2D eigenvalue weighted by Crippen LogP contribution is -2.15. The van der Waals surface area contributed by atoms with E-state index in [1.54, 1.807) is 48.1 Å². The zero-order valence-electron chi connectivity index (χ0n) is 20.5. The van der Waals surface area contributed by atoms with Crippen molar-refractivity contribution in [1.82, 2.24) is 24.5 Å². The van der Waals surface area contributed by atoms with Gasteiger partial charge >= 0.3 is 0 Å². The molecule has 3 aromatic heterocycles. The molecule has 186 valence electrons. The van der Waals surface area contributed by atoms with E-state index in [4.69, 9.17) is 9.47 Å². The van der Waals surface area contributed by atoms with Crippen molar-refractivity contribution in [3.63, 3.8) is 0 Å². The van der Waals surface area contributed by atoms with E-state index < -0.39 is 0 Å². The molecule has 0 saturated carbocycles. The maximum absolute atomic E-state index is 13.4. The van der Waals surface area contributed by atoms with Crippen molar-refractivity contribution < 1.29 is 14.3 Å². The molecule has 3 heterocycles. The van der Waals surface area contributed by atoms with Gasteiger partial charge in [0.1, 0.15) is 0 Å². The molecule has 9 heteroatoms. The summed E-state index contributed by atoms with van der Waals surface area (Å²) >= 11 is 0. The predicted octanol–water partition coefficient (Wildman–Crippen LogP) is 4.64. The van der Waals surface area contributed by atoms with E-state index >= 15 is 0 Å². The summed E-state index contributed by atoms with van der Waals surface area (Å²) in [6.07, 6.45) is 8.03. The number of nitrogens with zero attached hydrogens (tertiary/aromatic N) is 5. The Bertz CT molecular complexity index is 1500. The minimum absolute atomic E-state index is 0.266. The monoisotopic (exact) mass is 494 g/mol. The van der Waals surface area contributed by atoms with Gasteiger partial charge in [-0.15, -0.1) is 0 Å². The molecule has 0 aliphatic carbocycles. The average molecular weight is 495 g/mol. The number of para-hydroxylation sites is 1. The first-order chi connectivity index (χ1) is 18.1. The van der Waals surface area contributed by atoms with Crippen molar-refractivity contribution in [2.45, 2.75) is 13.0 Å². The Balaban J connectivity index is 1.42. The molecule has 0 unspecified atom stereocenters. The number of pyridine rings is 1. The molecule has 5 aromatic rings. The lowest BCUT2D eigenvalue weighted by atomic mass is 10.1. The van der Waals surface area contributed by atoms with Crippen LogP contribution in [-0.4, -0.2) is 44.7 Å². The number of nitrogens with one attached hydrogen (secondary N) is 1. The Morgan fingerprint density at radius 3 is 2.46 bits per heavy atom. The number of benzene rings is 2. The van der Waals surface area contributed by atoms with Gasteiger partial charge in [0.2, 0.25) is 0 Å². The Morgan fingerprint density at radius 1 is 0.919 bits per heavy atom. The Labute approximate surface area is 214 Å². The van der Waals surface area contributed by atoms with Gasteiger partial charge in [-0.2, -0.15) is 10.2 Å². The number of carbonyl (C=O) groups is 1. The number of rotatable bonds is 9. The zero-order chi connectivity index (χ0) is 25.6. The highest BCUT2D eigenvalue weighted by Crippen LogP contribution is 2.34. The van der Waals surface area contributed by atoms with Crippen LogP contribution in [0.3, 0.4) is 0 Å². The first kappa shape index (κ1) is 23.8. The van der Waals surface area contributed by atoms with E-state index in [0.29, 0.717) is 29.4 Å². The third-order valence-corrected chi connectivity index (χ3v) is 5.91. The molecule has 1 N–H and O–H groups in total. The molecule has 0 bridgehead atoms. The van der Waals surface area contributed by atoms with Crippen LogP contribution in [0, 0.1) is 0 Å². The summed E-state index contributed by atoms with van der Waals surface area (Å²) in [5.74, 6) is 1.25. The summed E-state index contributed by atoms with van der Waals surface area (Å²) in [6, 6.07) is 20.9. The van der Waals surface area contributed by atoms with Gasteiger partial charge in [-0.25, -0.2) is 4.68 Å². The Morgan fingerprint density at radius 2 is 1.70 bits per heavy atom. The minimum atomic E-state index is -0.362. The molecule has 5 rings (SSSR count). The molecular formula is C28H26N6O3. The molecule has 0 spiro atoms. The second-order valence-electron chi connectivity index (χ2n) is 8.26. The van der Waals surface area contributed by atoms with E-state index in [2.05, 4.69) is 20.5 Å². The van der Waals surface area contributed by atoms with Gasteiger partial charge < -0.3 is 14.8 Å². The highest BCUT2D eigenvalue weighted by atomic mass is 16.5. The molecule has 0 aliphatic heterocycles. The van der Waals surface area contributed by atoms with Gasteiger partial charge in [0.25, 0.3) is 5.91 Å². The molecule has 0 saturated heterocycles. The van der Waals surface area contributed by atoms with Crippen molar-refractivity contribution in [3.05, 3.63) is 103 Å². The number of ether oxygens (including phenoxy) is 2. The fourth-order valence-electron chi connectivity index (χ4n) is 3.99. The van der Waals surface area contributed by atoms with Gasteiger partial charge in [-0.1, -0.05) is 24.3 Å². The number of methoxy groups -OCH3 is 2. The second-order valence-corrected chi connectivity index (χ2v) is 8.26. The maximum Gasteiger partial charge on any atom is 0.278 e. The smallest absolute Gasteiger partial charge is 0.278 e. The van der Waals surface area contributed by atoms with Crippen molar-refractivity contribution in [1.29, 1.82) is 0 Å². The number of carbonyl (C=O) groups excluding carboxylic acids is 1. The standard InChI is InChI=1S/C28H26N6O3/c1-36-24-9-8-21(18-25(24)37-2)23-19-34(22-6-4-3-5-7-22)32-27(23)28(35)30-26-13-17-33(31-26)16-12-20-10-14-29-15-11-20/h3-11,13-15,17-19H,12,16H2,1-2H3,(H,30,31,35). The van der Waals surface area contributed by atoms with Gasteiger partial charge in [-0.05, 0) is 53.9 Å². The summed E-state index contributed by atoms with van der Waals surface area (Å²) < 4.78 is 14.3. The van der Waals surface area contributed by atoms with Gasteiger partial charge in [0.15, 0.2) is 23.0 Å². The number of hydrogen-bond donors (Lipinski definition) is 1. The third-order valence-electron chi connectivity index (χ3n) is 5.91. The lowest BCUT2D eigenvalue weighted by molar-refractivity contribution is 0.102. The topological polar surface area (TPSA) is 96.1 Å². The number of aryl methyl sites for hydroxylation is 2. The number of anilines is 1. The summed E-state index contributed by atoms with van der Waals surface area (Å²) in [4.78, 5) is 17.5. The Kier molecular flexibility index (Phi) is 6.93. The van der Waals surface area contributed by atoms with E-state index in [-0.39, 0.29) is 11.6 Å². The second kappa shape index (κ2) is 10.8. The molecule has 37 heavy (non-hydrogen) atoms. The number of amides is 1. The van der Waals surface area contributed by atoms with Crippen molar-refractivity contribution >= 4 is 11.7 Å². The quantitative estimate of drug-likeness (QED) is 0.321. The maximum atomic E-state index is 13.4. The fourth-order valence-corrected chi connectivity index (χ4v) is 3.99. The Hall–Kier alpha value is -4.92. The van der Waals surface area contributed by atoms with Crippen LogP contribution in [0.5, 0.6) is 11.5 Å². The van der Waals surface area contributed by atoms with E-state index in [1.807, 2.05) is 67.0 Å². The van der Waals surface area contributed by atoms with Crippen LogP contribution in [-0.2, 0) is 13.0 Å². The van der Waals surface area contributed by atoms with Crippen LogP contribution in [0.1, 0.15) is 16.1 Å². The molecular weight excluding hydrogens is 468 g/mol. The van der Waals surface area contributed by atoms with E-state index in [1.165, 1.54) is 5.56 Å². The van der Waals surface area contributed by atoms with Crippen molar-refractivity contribution in [2.75, 3.05) is 19.5 Å². The van der Waals surface area contributed by atoms with E-state index in [9.17, 15) is 4.79 Å². The average Bonchev–Trinajstić information content (AvgIpc) is 3.60. The molecule has 2 aromatic carbocycles. The third kappa shape index (κ3) is 5.35. The SMILES string of the molecule is COc1ccc(-c2cn(-c3ccccc3)nc2C(=O)Nc2ccn(CCc3ccncc3)n2)cc1OC. The van der Waals surface area contributed by atoms with Crippen molar-refractivity contribution in [2.24, 2.45) is 0 Å². The largest absolute Gasteiger partial charge is 0.493 e. The summed E-state index contributed by atoms with van der Waals surface area (Å²) in [6.45, 7) is 0.680. The molecule has 0 fully saturated rings. The van der Waals surface area contributed by atoms with Crippen LogP contribution in [0.2, 0.25) is 0 Å². The van der Waals surface area contributed by atoms with Crippen LogP contribution >= 0.6 is 0 Å². The fraction of sp³-hybridized carbons (Fsp3) is 0.143. The highest BCUT2D eigenvalue weighted by molar-refractivity contribution is 6.07. The normalized spacial score (nSPS) is 10.8. The number of hydrogen-bond acceptors (Lipinski definition) is 6. The lowest BCUT2D eigenvalue weighted by Gasteiger charge is -2.09. The highest BCUT2D eigenvalue weighted by Gasteiger charge is 2.21. The van der Waals surface area contributed by atoms with Crippen LogP contribution in [0.15, 0.2) is 91.5 Å². The van der Waals surface area contributed by atoms with Crippen LogP contribution in [0.4, 0.5) is 5.82 Å². The van der Waals surface area contributed by atoms with Crippen LogP contribution < -0.4 is 14.8 Å². The summed E-state index contributed by atoms with van der Waals surface area (Å²) in [5.41, 5.74) is 3.69. The van der Waals surface area contributed by atoms with Gasteiger partial charge in [-0.3, -0.25) is 14.5 Å². The molecule has 9 nitrogen and oxygen atoms in total. The first-order valence-corrected chi connectivity index (χ1v) is 11.8. The molecule has 0 radical (unpaired) electrons. The zero-order valence-corrected chi connectivity index (χ0v) is 20.5. The molecule has 1 amide bonds. The van der Waals surface area contributed by atoms with Crippen LogP contribution in [0.25, 0.3) is 16.8 Å². The predicted molar refractivity (Wildman–Crippen MR) is 140 cm³/mol. The first-order valence-electron chi connectivity index (χ1n) is 11.8. The summed E-state index contributed by atoms with van der Waals surface area (Å²) in [5, 5.41) is 12.0. The van der Waals surface area contributed by atoms with Crippen molar-refractivity contribution in [3.8, 4) is 28.3 Å². The van der Waals surface area contributed by atoms with E-state index in [0.717, 1.165) is 17.7 Å². The van der Waals surface area contributed by atoms with Gasteiger partial charge in [0.05, 0.1) is 19.9 Å². The van der Waals surface area contributed by atoms with Gasteiger partial charge in [0, 0.05) is 43.0 Å². The minimum Gasteiger partial charge on any atom is -0.493 e.